The van der Waals surface area contributed by atoms with Crippen molar-refractivity contribution in [3.63, 3.8) is 0 Å². The van der Waals surface area contributed by atoms with Crippen LogP contribution in [0.3, 0.4) is 0 Å². The van der Waals surface area contributed by atoms with Gasteiger partial charge in [-0.3, -0.25) is 0 Å². The maximum absolute atomic E-state index is 13.9. The quantitative estimate of drug-likeness (QED) is 0.754. The number of alkyl halides is 6. The molecule has 4 N–H and O–H groups in total. The molecule has 0 amide bonds. The van der Waals surface area contributed by atoms with Gasteiger partial charge in [0.2, 0.25) is 0 Å². The van der Waals surface area contributed by atoms with Crippen molar-refractivity contribution in [2.24, 2.45) is 11.5 Å². The molecule has 142 valence electrons. The van der Waals surface area contributed by atoms with Crippen LogP contribution in [0.25, 0.3) is 0 Å². The second-order valence-electron chi connectivity index (χ2n) is 5.52. The van der Waals surface area contributed by atoms with Gasteiger partial charge >= 0.3 is 12.4 Å². The summed E-state index contributed by atoms with van der Waals surface area (Å²) in [7, 11) is 0. The van der Waals surface area contributed by atoms with Gasteiger partial charge in [-0.15, -0.1) is 0 Å². The minimum absolute atomic E-state index is 0.394. The van der Waals surface area contributed by atoms with Crippen molar-refractivity contribution in [1.82, 2.24) is 0 Å². The second-order valence-corrected chi connectivity index (χ2v) is 5.52. The summed E-state index contributed by atoms with van der Waals surface area (Å²) in [6.45, 7) is 0. The fraction of sp³-hybridized carbons (Fsp3) is 0.250. The molecule has 0 saturated carbocycles. The maximum atomic E-state index is 13.9. The van der Waals surface area contributed by atoms with E-state index in [4.69, 9.17) is 11.5 Å². The Hall–Kier alpha value is -2.20. The Morgan fingerprint density at radius 2 is 0.923 bits per heavy atom. The number of hydrogen-bond donors (Lipinski definition) is 2. The molecule has 10 heteroatoms. The summed E-state index contributed by atoms with van der Waals surface area (Å²) in [5.41, 5.74) is 7.44. The highest BCUT2D eigenvalue weighted by molar-refractivity contribution is 5.35. The van der Waals surface area contributed by atoms with Crippen LogP contribution in [0.2, 0.25) is 0 Å². The molecule has 0 fully saturated rings. The third-order valence-corrected chi connectivity index (χ3v) is 3.75. The molecule has 0 aliphatic heterocycles. The number of hydrogen-bond acceptors (Lipinski definition) is 2. The molecule has 2 atom stereocenters. The van der Waals surface area contributed by atoms with E-state index in [1.807, 2.05) is 0 Å². The molecule has 0 aromatic heterocycles. The molecule has 0 spiro atoms. The summed E-state index contributed by atoms with van der Waals surface area (Å²) in [5, 5.41) is 0. The Morgan fingerprint density at radius 3 is 1.19 bits per heavy atom. The van der Waals surface area contributed by atoms with Crippen LogP contribution in [-0.4, -0.2) is 0 Å². The van der Waals surface area contributed by atoms with Crippen molar-refractivity contribution in [3.05, 3.63) is 70.3 Å². The van der Waals surface area contributed by atoms with Crippen LogP contribution < -0.4 is 11.5 Å². The van der Waals surface area contributed by atoms with E-state index in [1.54, 1.807) is 0 Å². The third kappa shape index (κ3) is 4.13. The third-order valence-electron chi connectivity index (χ3n) is 3.75. The Bertz CT molecular complexity index is 730. The van der Waals surface area contributed by atoms with Crippen LogP contribution in [0.4, 0.5) is 35.1 Å². The van der Waals surface area contributed by atoms with Gasteiger partial charge in [0.05, 0.1) is 23.2 Å². The Morgan fingerprint density at radius 1 is 0.615 bits per heavy atom. The van der Waals surface area contributed by atoms with Gasteiger partial charge in [-0.1, -0.05) is 0 Å². The zero-order chi connectivity index (χ0) is 19.9. The van der Waals surface area contributed by atoms with Crippen LogP contribution >= 0.6 is 0 Å². The predicted molar refractivity (Wildman–Crippen MR) is 76.7 cm³/mol. The van der Waals surface area contributed by atoms with E-state index in [0.29, 0.717) is 36.4 Å². The molecule has 2 aromatic rings. The molecule has 2 unspecified atom stereocenters. The van der Waals surface area contributed by atoms with Gasteiger partial charge in [-0.2, -0.15) is 26.3 Å². The molecule has 2 nitrogen and oxygen atoms in total. The van der Waals surface area contributed by atoms with Gasteiger partial charge in [0.15, 0.2) is 0 Å². The summed E-state index contributed by atoms with van der Waals surface area (Å²) < 4.78 is 104. The smallest absolute Gasteiger partial charge is 0.322 e. The average Bonchev–Trinajstić information content (AvgIpc) is 2.52. The number of rotatable bonds is 3. The van der Waals surface area contributed by atoms with Gasteiger partial charge in [-0.25, -0.2) is 8.78 Å². The standard InChI is InChI=1S/C16H12F8N2/c17-11-3-1-7(15(19,20)21)5-9(11)13(25)14(26)10-6-8(16(22,23)24)2-4-12(10)18/h1-6,13-14H,25-26H2. The minimum Gasteiger partial charge on any atom is -0.322 e. The highest BCUT2D eigenvalue weighted by Crippen LogP contribution is 2.36. The van der Waals surface area contributed by atoms with Crippen molar-refractivity contribution in [3.8, 4) is 0 Å². The molecule has 2 aromatic carbocycles. The molecule has 0 bridgehead atoms. The summed E-state index contributed by atoms with van der Waals surface area (Å²) >= 11 is 0. The van der Waals surface area contributed by atoms with Gasteiger partial charge in [0, 0.05) is 11.1 Å². The summed E-state index contributed by atoms with van der Waals surface area (Å²) in [5.74, 6) is -2.29. The van der Waals surface area contributed by atoms with Crippen molar-refractivity contribution in [2.45, 2.75) is 24.4 Å². The zero-order valence-electron chi connectivity index (χ0n) is 12.8. The molecular weight excluding hydrogens is 372 g/mol. The number of nitrogens with two attached hydrogens (primary N) is 2. The Kier molecular flexibility index (Phi) is 5.29. The van der Waals surface area contributed by atoms with E-state index in [1.165, 1.54) is 0 Å². The van der Waals surface area contributed by atoms with Crippen LogP contribution in [-0.2, 0) is 12.4 Å². The molecule has 0 heterocycles. The van der Waals surface area contributed by atoms with Crippen LogP contribution in [0.15, 0.2) is 36.4 Å². The Labute approximate surface area is 142 Å². The average molecular weight is 384 g/mol. The molecule has 0 aliphatic carbocycles. The lowest BCUT2D eigenvalue weighted by Crippen LogP contribution is -2.29. The largest absolute Gasteiger partial charge is 0.416 e. The van der Waals surface area contributed by atoms with E-state index >= 15 is 0 Å². The topological polar surface area (TPSA) is 52.0 Å². The maximum Gasteiger partial charge on any atom is 0.416 e. The molecule has 0 radical (unpaired) electrons. The van der Waals surface area contributed by atoms with Crippen LogP contribution in [0.5, 0.6) is 0 Å². The normalized spacial score (nSPS) is 15.0. The van der Waals surface area contributed by atoms with Crippen molar-refractivity contribution in [2.75, 3.05) is 0 Å². The fourth-order valence-electron chi connectivity index (χ4n) is 2.34. The first-order chi connectivity index (χ1) is 11.8. The monoisotopic (exact) mass is 384 g/mol. The molecule has 26 heavy (non-hydrogen) atoms. The molecule has 2 rings (SSSR count). The highest BCUT2D eigenvalue weighted by atomic mass is 19.4. The van der Waals surface area contributed by atoms with Crippen molar-refractivity contribution >= 4 is 0 Å². The fourth-order valence-corrected chi connectivity index (χ4v) is 2.34. The van der Waals surface area contributed by atoms with Gasteiger partial charge < -0.3 is 11.5 Å². The van der Waals surface area contributed by atoms with Gasteiger partial charge in [0.25, 0.3) is 0 Å². The Balaban J connectivity index is 2.46. The summed E-state index contributed by atoms with van der Waals surface area (Å²) in [6, 6.07) is -0.674. The minimum atomic E-state index is -4.80. The van der Waals surface area contributed by atoms with E-state index < -0.39 is 58.3 Å². The van der Waals surface area contributed by atoms with Crippen LogP contribution in [0.1, 0.15) is 34.3 Å². The predicted octanol–water partition coefficient (Wildman–Crippen LogP) is 4.70. The zero-order valence-corrected chi connectivity index (χ0v) is 12.8. The van der Waals surface area contributed by atoms with Crippen LogP contribution in [0, 0.1) is 11.6 Å². The molecule has 0 aliphatic rings. The van der Waals surface area contributed by atoms with Gasteiger partial charge in [0.1, 0.15) is 11.6 Å². The second kappa shape index (κ2) is 6.84. The highest BCUT2D eigenvalue weighted by Gasteiger charge is 2.34. The first kappa shape index (κ1) is 20.1. The van der Waals surface area contributed by atoms with E-state index in [-0.39, 0.29) is 0 Å². The SMILES string of the molecule is NC(c1cc(C(F)(F)F)ccc1F)C(N)c1cc(C(F)(F)F)ccc1F. The lowest BCUT2D eigenvalue weighted by atomic mass is 9.92. The lowest BCUT2D eigenvalue weighted by Gasteiger charge is -2.23. The lowest BCUT2D eigenvalue weighted by molar-refractivity contribution is -0.138. The van der Waals surface area contributed by atoms with Crippen molar-refractivity contribution in [1.29, 1.82) is 0 Å². The van der Waals surface area contributed by atoms with Crippen molar-refractivity contribution < 1.29 is 35.1 Å². The first-order valence-corrected chi connectivity index (χ1v) is 7.07. The van der Waals surface area contributed by atoms with E-state index in [2.05, 4.69) is 0 Å². The first-order valence-electron chi connectivity index (χ1n) is 7.07. The molecule has 0 saturated heterocycles. The number of benzene rings is 2. The van der Waals surface area contributed by atoms with E-state index in [0.717, 1.165) is 0 Å². The molecular formula is C16H12F8N2. The van der Waals surface area contributed by atoms with Gasteiger partial charge in [-0.05, 0) is 36.4 Å². The summed E-state index contributed by atoms with van der Waals surface area (Å²) in [6.07, 6.45) is -9.60. The number of halogens is 8. The van der Waals surface area contributed by atoms with E-state index in [9.17, 15) is 35.1 Å². The summed E-state index contributed by atoms with van der Waals surface area (Å²) in [4.78, 5) is 0.